The monoisotopic (exact) mass is 488 g/mol. The molecule has 1 spiro atoms. The molecule has 0 bridgehead atoms. The van der Waals surface area contributed by atoms with Crippen molar-refractivity contribution in [2.24, 2.45) is 0 Å². The average Bonchev–Trinajstić information content (AvgIpc) is 3.56. The minimum absolute atomic E-state index is 0.0590. The number of carbonyl (C=O) groups excluding carboxylic acids is 1. The van der Waals surface area contributed by atoms with Crippen molar-refractivity contribution in [3.05, 3.63) is 119 Å². The van der Waals surface area contributed by atoms with Crippen LogP contribution in [0, 0.1) is 20.8 Å². The van der Waals surface area contributed by atoms with Gasteiger partial charge in [-0.05, 0) is 32.4 Å². The lowest BCUT2D eigenvalue weighted by Gasteiger charge is -2.34. The maximum Gasteiger partial charge on any atom is 0.343 e. The van der Waals surface area contributed by atoms with Gasteiger partial charge in [0.25, 0.3) is 0 Å². The number of carbonyl (C=O) groups is 1. The van der Waals surface area contributed by atoms with E-state index in [1.165, 1.54) is 0 Å². The van der Waals surface area contributed by atoms with E-state index in [4.69, 9.17) is 21.1 Å². The van der Waals surface area contributed by atoms with Gasteiger partial charge in [-0.15, -0.1) is 0 Å². The summed E-state index contributed by atoms with van der Waals surface area (Å²) in [6, 6.07) is 26.1. The van der Waals surface area contributed by atoms with E-state index in [0.29, 0.717) is 29.4 Å². The summed E-state index contributed by atoms with van der Waals surface area (Å²) in [4.78, 5) is 15.3. The average molecular weight is 489 g/mol. The topological polar surface area (TPSA) is 44.8 Å². The number of rotatable bonds is 3. The predicted molar refractivity (Wildman–Crippen MR) is 141 cm³/mol. The summed E-state index contributed by atoms with van der Waals surface area (Å²) in [5.74, 6) is 2.02. The fraction of sp³-hybridized carbons (Fsp3) is 0.188. The van der Waals surface area contributed by atoms with Gasteiger partial charge in [0.05, 0.1) is 0 Å². The quantitative estimate of drug-likeness (QED) is 0.325. The second kappa shape index (κ2) is 7.70. The second-order valence-corrected chi connectivity index (χ2v) is 10.2. The number of benzene rings is 4. The molecule has 2 unspecified atom stereocenters. The third-order valence-corrected chi connectivity index (χ3v) is 8.03. The van der Waals surface area contributed by atoms with Gasteiger partial charge in [-0.25, -0.2) is 4.79 Å². The van der Waals surface area contributed by atoms with E-state index in [9.17, 15) is 0 Å². The smallest absolute Gasteiger partial charge is 0.343 e. The van der Waals surface area contributed by atoms with Gasteiger partial charge < -0.3 is 14.2 Å². The van der Waals surface area contributed by atoms with Crippen molar-refractivity contribution in [3.63, 3.8) is 0 Å². The number of hydrogen-bond donors (Lipinski definition) is 0. The largest absolute Gasteiger partial charge is 0.491 e. The summed E-state index contributed by atoms with van der Waals surface area (Å²) in [6.07, 6.45) is 0. The first-order chi connectivity index (χ1) is 17.9. The van der Waals surface area contributed by atoms with E-state index in [2.05, 4.69) is 44.2 Å². The van der Waals surface area contributed by atoms with Crippen LogP contribution in [0.2, 0.25) is 0 Å². The van der Waals surface area contributed by atoms with Gasteiger partial charge in [0.15, 0.2) is 22.6 Å². The third-order valence-electron chi connectivity index (χ3n) is 8.03. The van der Waals surface area contributed by atoms with E-state index < -0.39 is 5.41 Å². The van der Waals surface area contributed by atoms with Crippen LogP contribution >= 0.6 is 0 Å². The Kier molecular flexibility index (Phi) is 4.61. The van der Waals surface area contributed by atoms with Crippen LogP contribution < -0.4 is 18.7 Å². The lowest BCUT2D eigenvalue weighted by atomic mass is 9.77. The molecule has 5 heteroatoms. The normalized spacial score (nSPS) is 22.7. The maximum absolute atomic E-state index is 15.3. The van der Waals surface area contributed by atoms with E-state index >= 15 is 4.79 Å². The molecule has 5 nitrogen and oxygen atoms in total. The summed E-state index contributed by atoms with van der Waals surface area (Å²) in [6.45, 7) is 11.0. The molecule has 0 aliphatic carbocycles. The number of hydrogen-bond acceptors (Lipinski definition) is 4. The van der Waals surface area contributed by atoms with Crippen molar-refractivity contribution < 1.29 is 19.0 Å². The zero-order valence-corrected chi connectivity index (χ0v) is 20.8. The molecule has 182 valence electrons. The fourth-order valence-electron chi connectivity index (χ4n) is 6.37. The Balaban J connectivity index is 1.52. The zero-order chi connectivity index (χ0) is 25.4. The van der Waals surface area contributed by atoms with Crippen molar-refractivity contribution in [2.75, 3.05) is 13.4 Å². The molecule has 2 radical (unpaired) electrons. The summed E-state index contributed by atoms with van der Waals surface area (Å²) >= 11 is 0. The van der Waals surface area contributed by atoms with E-state index in [-0.39, 0.29) is 23.8 Å². The number of para-hydroxylation sites is 1. The molecule has 0 aromatic heterocycles. The Bertz CT molecular complexity index is 1590. The molecule has 1 amide bonds. The molecule has 0 saturated heterocycles. The Hall–Kier alpha value is -4.09. The molecule has 3 heterocycles. The summed E-state index contributed by atoms with van der Waals surface area (Å²) < 4.78 is 17.6. The van der Waals surface area contributed by atoms with Gasteiger partial charge in [0.1, 0.15) is 24.6 Å². The maximum atomic E-state index is 15.3. The molecular weight excluding hydrogens is 462 g/mol. The first kappa shape index (κ1) is 22.1. The second-order valence-electron chi connectivity index (χ2n) is 10.2. The lowest BCUT2D eigenvalue weighted by Crippen LogP contribution is -2.53. The molecule has 3 aliphatic heterocycles. The van der Waals surface area contributed by atoms with Crippen LogP contribution in [0.15, 0.2) is 78.9 Å². The highest BCUT2D eigenvalue weighted by Crippen LogP contribution is 2.60. The molecule has 37 heavy (non-hydrogen) atoms. The minimum atomic E-state index is -0.974. The molecular formula is C32H26NO4+. The Labute approximate surface area is 216 Å². The number of amides is 1. The van der Waals surface area contributed by atoms with E-state index in [1.54, 1.807) is 0 Å². The molecule has 3 aliphatic rings. The Morgan fingerprint density at radius 1 is 0.811 bits per heavy atom. The van der Waals surface area contributed by atoms with Gasteiger partial charge in [0.2, 0.25) is 6.79 Å². The minimum Gasteiger partial charge on any atom is -0.491 e. The van der Waals surface area contributed by atoms with Crippen LogP contribution in [0.4, 0.5) is 11.4 Å². The van der Waals surface area contributed by atoms with Crippen LogP contribution in [-0.2, 0) is 16.8 Å². The van der Waals surface area contributed by atoms with Gasteiger partial charge in [-0.3, -0.25) is 0 Å². The third kappa shape index (κ3) is 2.92. The van der Waals surface area contributed by atoms with Gasteiger partial charge in [-0.2, -0.15) is 4.48 Å². The molecule has 0 saturated carbocycles. The number of fused-ring (bicyclic) bond motifs is 5. The fourth-order valence-corrected chi connectivity index (χ4v) is 6.37. The number of quaternary nitrogens is 1. The first-order valence-corrected chi connectivity index (χ1v) is 12.5. The van der Waals surface area contributed by atoms with Crippen molar-refractivity contribution in [2.45, 2.75) is 25.8 Å². The van der Waals surface area contributed by atoms with Crippen LogP contribution in [0.1, 0.15) is 33.4 Å². The molecule has 7 rings (SSSR count). The van der Waals surface area contributed by atoms with Crippen molar-refractivity contribution in [1.29, 1.82) is 0 Å². The molecule has 2 atom stereocenters. The van der Waals surface area contributed by atoms with Crippen molar-refractivity contribution in [3.8, 4) is 17.2 Å². The Morgan fingerprint density at radius 3 is 2.35 bits per heavy atom. The molecule has 4 aromatic carbocycles. The molecule has 4 aromatic rings. The van der Waals surface area contributed by atoms with Gasteiger partial charge in [0, 0.05) is 40.5 Å². The lowest BCUT2D eigenvalue weighted by molar-refractivity contribution is -0.131. The van der Waals surface area contributed by atoms with Crippen molar-refractivity contribution in [1.82, 2.24) is 4.48 Å². The summed E-state index contributed by atoms with van der Waals surface area (Å²) in [5, 5.41) is 0. The predicted octanol–water partition coefficient (Wildman–Crippen LogP) is 6.15. The standard InChI is InChI=1S/C32H26NO4/c1-20-8-11-23(12-9-20)17-33(26-13-10-21(2)14-22(26)3)27-7-5-4-6-24(27)32(31(33)34)18-35-28-16-30-29(15-25(28)32)36-19-37-30/h1,4-16H,17-19H2,2-3H3/q+1. The first-order valence-electron chi connectivity index (χ1n) is 12.5. The zero-order valence-electron chi connectivity index (χ0n) is 20.8. The van der Waals surface area contributed by atoms with Crippen LogP contribution in [0.25, 0.3) is 0 Å². The van der Waals surface area contributed by atoms with E-state index in [0.717, 1.165) is 39.2 Å². The number of nitrogens with zero attached hydrogens (tertiary/aromatic N) is 1. The van der Waals surface area contributed by atoms with Crippen LogP contribution in [0.3, 0.4) is 0 Å². The van der Waals surface area contributed by atoms with Crippen LogP contribution in [0.5, 0.6) is 17.2 Å². The highest BCUT2D eigenvalue weighted by atomic mass is 16.7. The Morgan fingerprint density at radius 2 is 1.57 bits per heavy atom. The summed E-state index contributed by atoms with van der Waals surface area (Å²) in [7, 11) is 0. The van der Waals surface area contributed by atoms with Crippen molar-refractivity contribution >= 4 is 17.3 Å². The molecule has 0 N–H and O–H groups in total. The molecule has 0 fully saturated rings. The van der Waals surface area contributed by atoms with Crippen LogP contribution in [-0.4, -0.2) is 19.3 Å². The van der Waals surface area contributed by atoms with Gasteiger partial charge in [-0.1, -0.05) is 60.2 Å². The highest BCUT2D eigenvalue weighted by Gasteiger charge is 2.67. The SMILES string of the molecule is [CH]c1ccc(C[N+]2(c3ccc(C)cc3C)C(=O)C3(COc4cc5c(cc43)OCO5)c3ccccc32)cc1. The number of ether oxygens (including phenoxy) is 3. The number of aryl methyl sites for hydroxylation is 2. The highest BCUT2D eigenvalue weighted by molar-refractivity contribution is 6.12. The van der Waals surface area contributed by atoms with Gasteiger partial charge >= 0.3 is 5.91 Å². The summed E-state index contributed by atoms with van der Waals surface area (Å²) in [5.41, 5.74) is 6.70. The van der Waals surface area contributed by atoms with E-state index in [1.807, 2.05) is 48.5 Å².